The van der Waals surface area contributed by atoms with Crippen LogP contribution in [0.25, 0.3) is 0 Å². The normalized spacial score (nSPS) is 14.9. The molecular formula is C19H21N5O2S. The SMILES string of the molecule is CSc1ccc(C(=O)N2CCn3nc(C(O)c4nccn4C)cc3C2)cc1. The Balaban J connectivity index is 1.52. The number of rotatable bonds is 4. The second kappa shape index (κ2) is 7.21. The topological polar surface area (TPSA) is 76.2 Å². The highest BCUT2D eigenvalue weighted by molar-refractivity contribution is 7.98. The molecule has 0 bridgehead atoms. The second-order valence-corrected chi connectivity index (χ2v) is 7.42. The molecule has 0 spiro atoms. The van der Waals surface area contributed by atoms with Crippen LogP contribution in [-0.4, -0.2) is 48.0 Å². The van der Waals surface area contributed by atoms with Gasteiger partial charge in [-0.2, -0.15) is 5.10 Å². The largest absolute Gasteiger partial charge is 0.379 e. The van der Waals surface area contributed by atoms with Crippen LogP contribution in [0.4, 0.5) is 0 Å². The lowest BCUT2D eigenvalue weighted by molar-refractivity contribution is 0.0705. The fraction of sp³-hybridized carbons (Fsp3) is 0.316. The number of carbonyl (C=O) groups excluding carboxylic acids is 1. The van der Waals surface area contributed by atoms with E-state index in [-0.39, 0.29) is 5.91 Å². The Hall–Kier alpha value is -2.58. The highest BCUT2D eigenvalue weighted by Gasteiger charge is 2.26. The molecule has 0 saturated carbocycles. The number of aromatic nitrogens is 4. The van der Waals surface area contributed by atoms with Crippen LogP contribution < -0.4 is 0 Å². The summed E-state index contributed by atoms with van der Waals surface area (Å²) in [4.78, 5) is 20.0. The van der Waals surface area contributed by atoms with Gasteiger partial charge in [-0.15, -0.1) is 11.8 Å². The molecule has 27 heavy (non-hydrogen) atoms. The van der Waals surface area contributed by atoms with Crippen molar-refractivity contribution in [1.29, 1.82) is 0 Å². The minimum Gasteiger partial charge on any atom is -0.379 e. The fourth-order valence-corrected chi connectivity index (χ4v) is 3.69. The molecule has 1 atom stereocenters. The van der Waals surface area contributed by atoms with E-state index in [4.69, 9.17) is 0 Å². The predicted octanol–water partition coefficient (Wildman–Crippen LogP) is 2.08. The van der Waals surface area contributed by atoms with Crippen LogP contribution in [0.15, 0.2) is 47.6 Å². The highest BCUT2D eigenvalue weighted by Crippen LogP contribution is 2.23. The van der Waals surface area contributed by atoms with E-state index in [1.54, 1.807) is 28.7 Å². The van der Waals surface area contributed by atoms with Crippen LogP contribution in [0.5, 0.6) is 0 Å². The summed E-state index contributed by atoms with van der Waals surface area (Å²) in [5.41, 5.74) is 2.16. The number of amides is 1. The van der Waals surface area contributed by atoms with E-state index in [2.05, 4.69) is 10.1 Å². The van der Waals surface area contributed by atoms with E-state index >= 15 is 0 Å². The number of benzene rings is 1. The van der Waals surface area contributed by atoms with Crippen molar-refractivity contribution in [3.8, 4) is 0 Å². The van der Waals surface area contributed by atoms with Gasteiger partial charge in [-0.25, -0.2) is 4.98 Å². The van der Waals surface area contributed by atoms with Crippen LogP contribution in [-0.2, 0) is 20.1 Å². The van der Waals surface area contributed by atoms with Gasteiger partial charge in [0.05, 0.1) is 24.5 Å². The average Bonchev–Trinajstić information content (AvgIpc) is 3.32. The molecule has 1 aromatic carbocycles. The molecule has 3 aromatic rings. The molecule has 1 unspecified atom stereocenters. The molecule has 7 nitrogen and oxygen atoms in total. The molecule has 2 aromatic heterocycles. The zero-order valence-electron chi connectivity index (χ0n) is 15.2. The number of aryl methyl sites for hydroxylation is 1. The van der Waals surface area contributed by atoms with Crippen molar-refractivity contribution in [2.24, 2.45) is 7.05 Å². The van der Waals surface area contributed by atoms with Gasteiger partial charge in [0.15, 0.2) is 6.10 Å². The molecule has 1 amide bonds. The van der Waals surface area contributed by atoms with Crippen molar-refractivity contribution in [3.63, 3.8) is 0 Å². The molecule has 0 radical (unpaired) electrons. The zero-order chi connectivity index (χ0) is 19.0. The molecule has 0 saturated heterocycles. The summed E-state index contributed by atoms with van der Waals surface area (Å²) < 4.78 is 3.64. The highest BCUT2D eigenvalue weighted by atomic mass is 32.2. The molecule has 1 N–H and O–H groups in total. The first-order valence-corrected chi connectivity index (χ1v) is 9.94. The molecular weight excluding hydrogens is 362 g/mol. The van der Waals surface area contributed by atoms with Crippen molar-refractivity contribution in [2.45, 2.75) is 24.1 Å². The zero-order valence-corrected chi connectivity index (χ0v) is 16.1. The van der Waals surface area contributed by atoms with Crippen molar-refractivity contribution in [2.75, 3.05) is 12.8 Å². The monoisotopic (exact) mass is 383 g/mol. The number of imidazole rings is 1. The first-order valence-electron chi connectivity index (χ1n) is 8.72. The smallest absolute Gasteiger partial charge is 0.254 e. The third-order valence-corrected chi connectivity index (χ3v) is 5.57. The van der Waals surface area contributed by atoms with E-state index in [0.717, 1.165) is 10.6 Å². The first kappa shape index (κ1) is 17.8. The second-order valence-electron chi connectivity index (χ2n) is 6.54. The van der Waals surface area contributed by atoms with Gasteiger partial charge in [0.2, 0.25) is 0 Å². The lowest BCUT2D eigenvalue weighted by atomic mass is 10.1. The lowest BCUT2D eigenvalue weighted by Crippen LogP contribution is -2.38. The van der Waals surface area contributed by atoms with Gasteiger partial charge in [0.25, 0.3) is 5.91 Å². The van der Waals surface area contributed by atoms with Crippen LogP contribution in [0.1, 0.15) is 33.7 Å². The van der Waals surface area contributed by atoms with Gasteiger partial charge in [-0.05, 0) is 36.6 Å². The van der Waals surface area contributed by atoms with Crippen LogP contribution in [0, 0.1) is 0 Å². The van der Waals surface area contributed by atoms with Crippen LogP contribution in [0.3, 0.4) is 0 Å². The summed E-state index contributed by atoms with van der Waals surface area (Å²) in [6.45, 7) is 1.68. The van der Waals surface area contributed by atoms with E-state index in [9.17, 15) is 9.90 Å². The van der Waals surface area contributed by atoms with E-state index < -0.39 is 6.10 Å². The number of hydrogen-bond acceptors (Lipinski definition) is 5. The Bertz CT molecular complexity index is 963. The third kappa shape index (κ3) is 3.38. The molecule has 4 rings (SSSR count). The molecule has 3 heterocycles. The molecule has 0 aliphatic carbocycles. The maximum Gasteiger partial charge on any atom is 0.254 e. The molecule has 1 aliphatic rings. The average molecular weight is 383 g/mol. The number of fused-ring (bicyclic) bond motifs is 1. The first-order chi connectivity index (χ1) is 13.1. The predicted molar refractivity (Wildman–Crippen MR) is 102 cm³/mol. The van der Waals surface area contributed by atoms with Gasteiger partial charge in [0.1, 0.15) is 5.82 Å². The maximum atomic E-state index is 12.8. The summed E-state index contributed by atoms with van der Waals surface area (Å²) in [5, 5.41) is 15.1. The minimum atomic E-state index is -0.883. The Morgan fingerprint density at radius 2 is 2.04 bits per heavy atom. The third-order valence-electron chi connectivity index (χ3n) is 4.82. The van der Waals surface area contributed by atoms with E-state index in [1.807, 2.05) is 53.2 Å². The lowest BCUT2D eigenvalue weighted by Gasteiger charge is -2.27. The molecule has 8 heteroatoms. The Morgan fingerprint density at radius 1 is 1.26 bits per heavy atom. The van der Waals surface area contributed by atoms with Gasteiger partial charge >= 0.3 is 0 Å². The van der Waals surface area contributed by atoms with Gasteiger partial charge < -0.3 is 14.6 Å². The van der Waals surface area contributed by atoms with E-state index in [0.29, 0.717) is 36.7 Å². The quantitative estimate of drug-likeness (QED) is 0.698. The Morgan fingerprint density at radius 3 is 2.70 bits per heavy atom. The molecule has 140 valence electrons. The summed E-state index contributed by atoms with van der Waals surface area (Å²) in [5.74, 6) is 0.563. The van der Waals surface area contributed by atoms with Crippen LogP contribution >= 0.6 is 11.8 Å². The van der Waals surface area contributed by atoms with Gasteiger partial charge in [-0.1, -0.05) is 0 Å². The van der Waals surface area contributed by atoms with Crippen molar-refractivity contribution in [1.82, 2.24) is 24.2 Å². The summed E-state index contributed by atoms with van der Waals surface area (Å²) in [7, 11) is 1.84. The van der Waals surface area contributed by atoms with E-state index in [1.165, 1.54) is 0 Å². The number of thioether (sulfide) groups is 1. The molecule has 0 fully saturated rings. The van der Waals surface area contributed by atoms with Crippen molar-refractivity contribution in [3.05, 3.63) is 65.5 Å². The number of aliphatic hydroxyl groups is 1. The number of aliphatic hydroxyl groups excluding tert-OH is 1. The summed E-state index contributed by atoms with van der Waals surface area (Å²) in [6, 6.07) is 9.53. The Kier molecular flexibility index (Phi) is 4.75. The summed E-state index contributed by atoms with van der Waals surface area (Å²) in [6.07, 6.45) is 4.57. The van der Waals surface area contributed by atoms with Gasteiger partial charge in [-0.3, -0.25) is 9.48 Å². The Labute approximate surface area is 161 Å². The number of nitrogens with zero attached hydrogens (tertiary/aromatic N) is 5. The standard InChI is InChI=1S/C19H21N5O2S/c1-22-8-7-20-18(22)17(25)16-11-14-12-23(9-10-24(14)21-16)19(26)13-3-5-15(27-2)6-4-13/h3-8,11,17,25H,9-10,12H2,1-2H3. The van der Waals surface area contributed by atoms with Gasteiger partial charge in [0, 0.05) is 36.4 Å². The maximum absolute atomic E-state index is 12.8. The van der Waals surface area contributed by atoms with Crippen molar-refractivity contribution < 1.29 is 9.90 Å². The number of hydrogen-bond donors (Lipinski definition) is 1. The van der Waals surface area contributed by atoms with Crippen LogP contribution in [0.2, 0.25) is 0 Å². The summed E-state index contributed by atoms with van der Waals surface area (Å²) >= 11 is 1.65. The minimum absolute atomic E-state index is 0.0151. The van der Waals surface area contributed by atoms with Crippen molar-refractivity contribution >= 4 is 17.7 Å². The number of carbonyl (C=O) groups is 1. The fourth-order valence-electron chi connectivity index (χ4n) is 3.28. The molecule has 1 aliphatic heterocycles.